The number of para-hydroxylation sites is 1. The zero-order valence-corrected chi connectivity index (χ0v) is 9.64. The minimum Gasteiger partial charge on any atom is -0.330 e. The van der Waals surface area contributed by atoms with Crippen molar-refractivity contribution in [2.75, 3.05) is 6.54 Å². The van der Waals surface area contributed by atoms with Gasteiger partial charge in [0.2, 0.25) is 0 Å². The molecule has 0 radical (unpaired) electrons. The number of benzene rings is 1. The van der Waals surface area contributed by atoms with Gasteiger partial charge < -0.3 is 5.73 Å². The van der Waals surface area contributed by atoms with Crippen molar-refractivity contribution in [2.24, 2.45) is 5.73 Å². The molecule has 2 rings (SSSR count). The molecule has 0 unspecified atom stereocenters. The lowest BCUT2D eigenvalue weighted by atomic mass is 10.2. The largest absolute Gasteiger partial charge is 0.330 e. The third-order valence-corrected chi connectivity index (χ3v) is 2.62. The fourth-order valence-corrected chi connectivity index (χ4v) is 1.82. The lowest BCUT2D eigenvalue weighted by Gasteiger charge is -2.10. The van der Waals surface area contributed by atoms with Crippen LogP contribution in [0.25, 0.3) is 5.69 Å². The number of rotatable bonds is 3. The van der Waals surface area contributed by atoms with Gasteiger partial charge in [-0.1, -0.05) is 18.2 Å². The fraction of sp³-hybridized carbons (Fsp3) is 0.333. The van der Waals surface area contributed by atoms with Crippen LogP contribution in [-0.4, -0.2) is 21.3 Å². The summed E-state index contributed by atoms with van der Waals surface area (Å²) >= 11 is 0. The van der Waals surface area contributed by atoms with Crippen LogP contribution in [0.5, 0.6) is 0 Å². The van der Waals surface area contributed by atoms with Gasteiger partial charge in [-0.3, -0.25) is 4.57 Å². The van der Waals surface area contributed by atoms with E-state index in [2.05, 4.69) is 33.8 Å². The van der Waals surface area contributed by atoms with Crippen molar-refractivity contribution in [3.8, 4) is 5.69 Å². The Balaban J connectivity index is 2.54. The Labute approximate surface area is 95.1 Å². The molecule has 84 valence electrons. The number of hydrogen-bond acceptors (Lipinski definition) is 3. The van der Waals surface area contributed by atoms with E-state index in [-0.39, 0.29) is 0 Å². The Bertz CT molecular complexity index is 488. The Morgan fingerprint density at radius 1 is 1.19 bits per heavy atom. The molecule has 1 aromatic heterocycles. The number of nitrogens with two attached hydrogens (primary N) is 1. The maximum Gasteiger partial charge on any atom is 0.138 e. The highest BCUT2D eigenvalue weighted by Crippen LogP contribution is 2.16. The van der Waals surface area contributed by atoms with Gasteiger partial charge in [0.1, 0.15) is 11.6 Å². The van der Waals surface area contributed by atoms with Crippen molar-refractivity contribution < 1.29 is 0 Å². The summed E-state index contributed by atoms with van der Waals surface area (Å²) in [5, 5.41) is 8.27. The lowest BCUT2D eigenvalue weighted by molar-refractivity contribution is 0.821. The summed E-state index contributed by atoms with van der Waals surface area (Å²) in [6, 6.07) is 8.21. The van der Waals surface area contributed by atoms with Crippen LogP contribution in [0.2, 0.25) is 0 Å². The van der Waals surface area contributed by atoms with Crippen LogP contribution in [-0.2, 0) is 6.42 Å². The van der Waals surface area contributed by atoms with Gasteiger partial charge in [-0.2, -0.15) is 0 Å². The highest BCUT2D eigenvalue weighted by atomic mass is 15.3. The van der Waals surface area contributed by atoms with E-state index in [1.54, 1.807) is 0 Å². The third-order valence-electron chi connectivity index (χ3n) is 2.62. The molecule has 4 nitrogen and oxygen atoms in total. The number of hydrogen-bond donors (Lipinski definition) is 1. The lowest BCUT2D eigenvalue weighted by Crippen LogP contribution is -2.10. The number of aryl methyl sites for hydroxylation is 2. The summed E-state index contributed by atoms with van der Waals surface area (Å²) in [5.74, 6) is 1.83. The molecule has 0 saturated heterocycles. The molecule has 0 aliphatic heterocycles. The predicted octanol–water partition coefficient (Wildman–Crippen LogP) is 1.39. The van der Waals surface area contributed by atoms with Crippen LogP contribution in [0, 0.1) is 13.8 Å². The molecule has 1 aromatic carbocycles. The molecule has 0 fully saturated rings. The van der Waals surface area contributed by atoms with Crippen LogP contribution in [0.15, 0.2) is 24.3 Å². The minimum atomic E-state index is 0.587. The summed E-state index contributed by atoms with van der Waals surface area (Å²) in [5.41, 5.74) is 7.92. The molecule has 0 aliphatic carbocycles. The smallest absolute Gasteiger partial charge is 0.138 e. The summed E-state index contributed by atoms with van der Waals surface area (Å²) in [6.45, 7) is 4.63. The molecule has 1 heterocycles. The molecule has 16 heavy (non-hydrogen) atoms. The van der Waals surface area contributed by atoms with Crippen LogP contribution < -0.4 is 5.73 Å². The summed E-state index contributed by atoms with van der Waals surface area (Å²) in [4.78, 5) is 0. The average Bonchev–Trinajstić information content (AvgIpc) is 2.62. The highest BCUT2D eigenvalue weighted by molar-refractivity contribution is 5.41. The van der Waals surface area contributed by atoms with Gasteiger partial charge in [-0.05, 0) is 32.0 Å². The van der Waals surface area contributed by atoms with Gasteiger partial charge >= 0.3 is 0 Å². The van der Waals surface area contributed by atoms with Crippen LogP contribution in [0.4, 0.5) is 0 Å². The van der Waals surface area contributed by atoms with Gasteiger partial charge in [-0.25, -0.2) is 0 Å². The summed E-state index contributed by atoms with van der Waals surface area (Å²) in [7, 11) is 0. The van der Waals surface area contributed by atoms with E-state index in [9.17, 15) is 0 Å². The average molecular weight is 216 g/mol. The third kappa shape index (κ3) is 1.84. The van der Waals surface area contributed by atoms with Gasteiger partial charge in [0, 0.05) is 6.42 Å². The molecule has 4 heteroatoms. The monoisotopic (exact) mass is 216 g/mol. The predicted molar refractivity (Wildman–Crippen MR) is 63.6 cm³/mol. The van der Waals surface area contributed by atoms with Crippen molar-refractivity contribution >= 4 is 0 Å². The second kappa shape index (κ2) is 4.45. The van der Waals surface area contributed by atoms with Crippen molar-refractivity contribution in [2.45, 2.75) is 20.3 Å². The molecule has 2 N–H and O–H groups in total. The first-order valence-corrected chi connectivity index (χ1v) is 5.41. The van der Waals surface area contributed by atoms with E-state index in [4.69, 9.17) is 5.73 Å². The second-order valence-corrected chi connectivity index (χ2v) is 3.82. The van der Waals surface area contributed by atoms with Gasteiger partial charge in [0.05, 0.1) is 5.69 Å². The first kappa shape index (κ1) is 10.8. The Hall–Kier alpha value is -1.68. The van der Waals surface area contributed by atoms with Gasteiger partial charge in [-0.15, -0.1) is 10.2 Å². The molecule has 0 amide bonds. The highest BCUT2D eigenvalue weighted by Gasteiger charge is 2.11. The van der Waals surface area contributed by atoms with E-state index in [0.29, 0.717) is 6.54 Å². The van der Waals surface area contributed by atoms with E-state index in [1.807, 2.05) is 19.1 Å². The van der Waals surface area contributed by atoms with Crippen molar-refractivity contribution in [1.82, 2.24) is 14.8 Å². The summed E-state index contributed by atoms with van der Waals surface area (Å²) < 4.78 is 2.07. The van der Waals surface area contributed by atoms with Gasteiger partial charge in [0.25, 0.3) is 0 Å². The van der Waals surface area contributed by atoms with E-state index < -0.39 is 0 Å². The van der Waals surface area contributed by atoms with E-state index in [0.717, 1.165) is 23.8 Å². The zero-order valence-electron chi connectivity index (χ0n) is 9.64. The Morgan fingerprint density at radius 3 is 2.62 bits per heavy atom. The quantitative estimate of drug-likeness (QED) is 0.843. The Kier molecular flexibility index (Phi) is 3.01. The molecular formula is C12H16N4. The van der Waals surface area contributed by atoms with Crippen LogP contribution >= 0.6 is 0 Å². The fourth-order valence-electron chi connectivity index (χ4n) is 1.82. The standard InChI is InChI=1S/C12H16N4/c1-9-5-3-4-6-11(9)16-10(2)14-15-12(16)7-8-13/h3-6H,7-8,13H2,1-2H3. The van der Waals surface area contributed by atoms with E-state index in [1.165, 1.54) is 5.56 Å². The first-order chi connectivity index (χ1) is 7.74. The summed E-state index contributed by atoms with van der Waals surface area (Å²) in [6.07, 6.45) is 0.745. The molecule has 0 spiro atoms. The normalized spacial score (nSPS) is 10.7. The first-order valence-electron chi connectivity index (χ1n) is 5.41. The Morgan fingerprint density at radius 2 is 1.94 bits per heavy atom. The molecule has 0 saturated carbocycles. The topological polar surface area (TPSA) is 56.7 Å². The number of aromatic nitrogens is 3. The molecular weight excluding hydrogens is 200 g/mol. The molecule has 0 bridgehead atoms. The van der Waals surface area contributed by atoms with Crippen LogP contribution in [0.3, 0.4) is 0 Å². The van der Waals surface area contributed by atoms with Crippen molar-refractivity contribution in [3.63, 3.8) is 0 Å². The SMILES string of the molecule is Cc1ccccc1-n1c(C)nnc1CCN. The maximum absolute atomic E-state index is 5.57. The van der Waals surface area contributed by atoms with Crippen LogP contribution in [0.1, 0.15) is 17.2 Å². The van der Waals surface area contributed by atoms with Gasteiger partial charge in [0.15, 0.2) is 0 Å². The zero-order chi connectivity index (χ0) is 11.5. The maximum atomic E-state index is 5.57. The van der Waals surface area contributed by atoms with E-state index >= 15 is 0 Å². The number of nitrogens with zero attached hydrogens (tertiary/aromatic N) is 3. The second-order valence-electron chi connectivity index (χ2n) is 3.82. The molecule has 0 atom stereocenters. The van der Waals surface area contributed by atoms with Crippen molar-refractivity contribution in [1.29, 1.82) is 0 Å². The van der Waals surface area contributed by atoms with Crippen molar-refractivity contribution in [3.05, 3.63) is 41.5 Å². The molecule has 2 aromatic rings. The molecule has 0 aliphatic rings. The minimum absolute atomic E-state index is 0.587.